The SMILES string of the molecule is COC(=O)c1ccccc1NC(=O)C[NH+](C)Cc1cc(C)ccc1OC. The topological polar surface area (TPSA) is 69.1 Å². The first-order valence-electron chi connectivity index (χ1n) is 8.36. The number of methoxy groups -OCH3 is 2. The zero-order valence-corrected chi connectivity index (χ0v) is 15.6. The molecule has 0 heterocycles. The Hall–Kier alpha value is -2.86. The van der Waals surface area contributed by atoms with Gasteiger partial charge in [0.25, 0.3) is 5.91 Å². The summed E-state index contributed by atoms with van der Waals surface area (Å²) in [5, 5.41) is 2.79. The molecule has 0 aliphatic rings. The predicted molar refractivity (Wildman–Crippen MR) is 99.6 cm³/mol. The number of esters is 1. The summed E-state index contributed by atoms with van der Waals surface area (Å²) in [6.07, 6.45) is 0. The fourth-order valence-electron chi connectivity index (χ4n) is 2.78. The Balaban J connectivity index is 2.02. The first kappa shape index (κ1) is 19.5. The van der Waals surface area contributed by atoms with Gasteiger partial charge in [0.1, 0.15) is 12.3 Å². The molecule has 2 N–H and O–H groups in total. The molecular formula is C20H25N2O4+. The minimum Gasteiger partial charge on any atom is -0.496 e. The predicted octanol–water partition coefficient (Wildman–Crippen LogP) is 1.44. The number of nitrogens with one attached hydrogen (secondary N) is 2. The van der Waals surface area contributed by atoms with E-state index in [4.69, 9.17) is 9.47 Å². The number of rotatable bonds is 7. The van der Waals surface area contributed by atoms with Crippen molar-refractivity contribution in [2.24, 2.45) is 0 Å². The quantitative estimate of drug-likeness (QED) is 0.736. The molecule has 138 valence electrons. The molecule has 0 radical (unpaired) electrons. The van der Waals surface area contributed by atoms with Crippen LogP contribution in [0.1, 0.15) is 21.5 Å². The van der Waals surface area contributed by atoms with Gasteiger partial charge in [0.05, 0.1) is 32.5 Å². The van der Waals surface area contributed by atoms with E-state index in [1.807, 2.05) is 26.1 Å². The smallest absolute Gasteiger partial charge is 0.339 e. The summed E-state index contributed by atoms with van der Waals surface area (Å²) >= 11 is 0. The highest BCUT2D eigenvalue weighted by Gasteiger charge is 2.17. The van der Waals surface area contributed by atoms with Gasteiger partial charge in [-0.1, -0.05) is 23.8 Å². The van der Waals surface area contributed by atoms with Crippen LogP contribution in [0.25, 0.3) is 0 Å². The number of benzene rings is 2. The lowest BCUT2D eigenvalue weighted by molar-refractivity contribution is -0.885. The van der Waals surface area contributed by atoms with Crippen LogP contribution < -0.4 is 15.0 Å². The maximum Gasteiger partial charge on any atom is 0.339 e. The molecule has 2 aromatic rings. The molecule has 6 nitrogen and oxygen atoms in total. The Morgan fingerprint density at radius 3 is 2.54 bits per heavy atom. The van der Waals surface area contributed by atoms with Gasteiger partial charge in [-0.2, -0.15) is 0 Å². The van der Waals surface area contributed by atoms with E-state index in [1.54, 1.807) is 31.4 Å². The number of quaternary nitrogens is 1. The number of carbonyl (C=O) groups excluding carboxylic acids is 2. The summed E-state index contributed by atoms with van der Waals surface area (Å²) in [6, 6.07) is 12.8. The van der Waals surface area contributed by atoms with Crippen molar-refractivity contribution < 1.29 is 24.0 Å². The second-order valence-electron chi connectivity index (χ2n) is 6.21. The van der Waals surface area contributed by atoms with Gasteiger partial charge in [-0.25, -0.2) is 4.79 Å². The lowest BCUT2D eigenvalue weighted by atomic mass is 10.1. The van der Waals surface area contributed by atoms with Crippen LogP contribution in [-0.4, -0.2) is 39.7 Å². The van der Waals surface area contributed by atoms with Gasteiger partial charge in [0.2, 0.25) is 0 Å². The maximum atomic E-state index is 12.4. The van der Waals surface area contributed by atoms with Crippen LogP contribution in [0.15, 0.2) is 42.5 Å². The molecule has 1 atom stereocenters. The highest BCUT2D eigenvalue weighted by atomic mass is 16.5. The number of aryl methyl sites for hydroxylation is 1. The molecule has 0 saturated carbocycles. The van der Waals surface area contributed by atoms with Gasteiger partial charge in [-0.3, -0.25) is 4.79 Å². The summed E-state index contributed by atoms with van der Waals surface area (Å²) in [5.41, 5.74) is 2.98. The monoisotopic (exact) mass is 357 g/mol. The second kappa shape index (κ2) is 9.01. The number of hydrogen-bond donors (Lipinski definition) is 2. The fraction of sp³-hybridized carbons (Fsp3) is 0.300. The largest absolute Gasteiger partial charge is 0.496 e. The van der Waals surface area contributed by atoms with Crippen molar-refractivity contribution >= 4 is 17.6 Å². The average molecular weight is 357 g/mol. The standard InChI is InChI=1S/C20H24N2O4/c1-14-9-10-18(25-3)15(11-14)12-22(2)13-19(23)21-17-8-6-5-7-16(17)20(24)26-4/h5-11H,12-13H2,1-4H3,(H,21,23)/p+1. The number of carbonyl (C=O) groups is 2. The van der Waals surface area contributed by atoms with Crippen LogP contribution in [-0.2, 0) is 16.1 Å². The van der Waals surface area contributed by atoms with E-state index in [2.05, 4.69) is 11.4 Å². The van der Waals surface area contributed by atoms with Gasteiger partial charge in [0.15, 0.2) is 6.54 Å². The normalized spacial score (nSPS) is 11.5. The molecule has 26 heavy (non-hydrogen) atoms. The van der Waals surface area contributed by atoms with Crippen molar-refractivity contribution in [3.8, 4) is 5.75 Å². The average Bonchev–Trinajstić information content (AvgIpc) is 2.61. The van der Waals surface area contributed by atoms with Crippen molar-refractivity contribution in [3.05, 3.63) is 59.2 Å². The fourth-order valence-corrected chi connectivity index (χ4v) is 2.78. The first-order chi connectivity index (χ1) is 12.4. The Morgan fingerprint density at radius 2 is 1.85 bits per heavy atom. The summed E-state index contributed by atoms with van der Waals surface area (Å²) in [6.45, 7) is 2.93. The molecule has 2 aromatic carbocycles. The van der Waals surface area contributed by atoms with E-state index in [1.165, 1.54) is 7.11 Å². The van der Waals surface area contributed by atoms with Crippen LogP contribution in [0.5, 0.6) is 5.75 Å². The van der Waals surface area contributed by atoms with E-state index in [9.17, 15) is 9.59 Å². The van der Waals surface area contributed by atoms with Gasteiger partial charge in [-0.15, -0.1) is 0 Å². The molecule has 2 rings (SSSR count). The van der Waals surface area contributed by atoms with Gasteiger partial charge in [0, 0.05) is 5.56 Å². The Morgan fingerprint density at radius 1 is 1.12 bits per heavy atom. The Kier molecular flexibility index (Phi) is 6.74. The van der Waals surface area contributed by atoms with Crippen molar-refractivity contribution in [2.45, 2.75) is 13.5 Å². The van der Waals surface area contributed by atoms with Gasteiger partial charge < -0.3 is 19.7 Å². The number of hydrogen-bond acceptors (Lipinski definition) is 4. The van der Waals surface area contributed by atoms with Crippen molar-refractivity contribution in [2.75, 3.05) is 33.1 Å². The summed E-state index contributed by atoms with van der Waals surface area (Å²) < 4.78 is 10.1. The van der Waals surface area contributed by atoms with E-state index < -0.39 is 5.97 Å². The number of likely N-dealkylation sites (N-methyl/N-ethyl adjacent to an activating group) is 1. The molecule has 0 spiro atoms. The van der Waals surface area contributed by atoms with E-state index in [0.717, 1.165) is 21.8 Å². The minimum absolute atomic E-state index is 0.175. The second-order valence-corrected chi connectivity index (χ2v) is 6.21. The summed E-state index contributed by atoms with van der Waals surface area (Å²) in [7, 11) is 4.89. The Labute approximate surface area is 153 Å². The number of para-hydroxylation sites is 1. The van der Waals surface area contributed by atoms with Crippen molar-refractivity contribution in [3.63, 3.8) is 0 Å². The number of amides is 1. The molecule has 6 heteroatoms. The Bertz CT molecular complexity index is 789. The molecule has 0 aliphatic heterocycles. The van der Waals surface area contributed by atoms with E-state index >= 15 is 0 Å². The molecule has 0 aliphatic carbocycles. The van der Waals surface area contributed by atoms with Crippen LogP contribution in [0, 0.1) is 6.92 Å². The van der Waals surface area contributed by atoms with E-state index in [-0.39, 0.29) is 12.5 Å². The van der Waals surface area contributed by atoms with E-state index in [0.29, 0.717) is 17.8 Å². The molecular weight excluding hydrogens is 332 g/mol. The maximum absolute atomic E-state index is 12.4. The van der Waals surface area contributed by atoms with Crippen molar-refractivity contribution in [1.29, 1.82) is 0 Å². The zero-order valence-electron chi connectivity index (χ0n) is 15.6. The summed E-state index contributed by atoms with van der Waals surface area (Å²) in [5.74, 6) is 0.156. The lowest BCUT2D eigenvalue weighted by Crippen LogP contribution is -3.08. The third-order valence-electron chi connectivity index (χ3n) is 4.00. The lowest BCUT2D eigenvalue weighted by Gasteiger charge is -2.17. The van der Waals surface area contributed by atoms with Gasteiger partial charge in [-0.05, 0) is 31.2 Å². The van der Waals surface area contributed by atoms with Crippen LogP contribution in [0.2, 0.25) is 0 Å². The molecule has 1 unspecified atom stereocenters. The molecule has 0 aromatic heterocycles. The summed E-state index contributed by atoms with van der Waals surface area (Å²) in [4.78, 5) is 25.2. The molecule has 1 amide bonds. The highest BCUT2D eigenvalue weighted by molar-refractivity contribution is 6.01. The van der Waals surface area contributed by atoms with Crippen LogP contribution in [0.3, 0.4) is 0 Å². The molecule has 0 bridgehead atoms. The van der Waals surface area contributed by atoms with Crippen molar-refractivity contribution in [1.82, 2.24) is 0 Å². The molecule has 0 fully saturated rings. The number of anilines is 1. The zero-order chi connectivity index (χ0) is 19.1. The highest BCUT2D eigenvalue weighted by Crippen LogP contribution is 2.18. The third kappa shape index (κ3) is 5.07. The van der Waals surface area contributed by atoms with Gasteiger partial charge >= 0.3 is 5.97 Å². The van der Waals surface area contributed by atoms with Crippen LogP contribution in [0.4, 0.5) is 5.69 Å². The third-order valence-corrected chi connectivity index (χ3v) is 4.00. The number of ether oxygens (including phenoxy) is 2. The minimum atomic E-state index is -0.480. The first-order valence-corrected chi connectivity index (χ1v) is 8.36. The molecule has 0 saturated heterocycles. The van der Waals surface area contributed by atoms with Crippen LogP contribution >= 0.6 is 0 Å².